The molecule has 112 valence electrons. The molecule has 0 aliphatic rings. The number of rotatable bonds is 7. The molecule has 0 fully saturated rings. The number of aliphatic hydroxyl groups excluding tert-OH is 3. The maximum atomic E-state index is 11.7. The molecule has 1 aromatic rings. The number of hydrogen-bond acceptors (Lipinski definition) is 6. The molecular formula is C11H15NO7S. The molecule has 0 heterocycles. The Balaban J connectivity index is 2.88. The smallest absolute Gasteiger partial charge is 0.318 e. The highest BCUT2D eigenvalue weighted by Crippen LogP contribution is 2.19. The third kappa shape index (κ3) is 4.25. The second-order valence-corrected chi connectivity index (χ2v) is 5.75. The summed E-state index contributed by atoms with van der Waals surface area (Å²) in [5.41, 5.74) is 0.226. The minimum absolute atomic E-state index is 0.173. The highest BCUT2D eigenvalue weighted by Gasteiger charge is 2.19. The average Bonchev–Trinajstić information content (AvgIpc) is 2.43. The van der Waals surface area contributed by atoms with Gasteiger partial charge in [0.1, 0.15) is 18.8 Å². The lowest BCUT2D eigenvalue weighted by atomic mass is 10.1. The van der Waals surface area contributed by atoms with Crippen molar-refractivity contribution in [2.75, 3.05) is 13.2 Å². The number of hydrogen-bond donors (Lipinski definition) is 5. The van der Waals surface area contributed by atoms with Crippen molar-refractivity contribution in [2.45, 2.75) is 17.1 Å². The summed E-state index contributed by atoms with van der Waals surface area (Å²) < 4.78 is 25.2. The standard InChI is InChI=1S/C11H15NO7S/c13-6-9(14)11(17)7-1-3-8(4-2-7)20(18,19)12-5-10(15)16/h1-4,9,11-14,17H,5-6H2,(H,15,16). The molecule has 0 amide bonds. The Labute approximate surface area is 115 Å². The lowest BCUT2D eigenvalue weighted by Gasteiger charge is -2.16. The van der Waals surface area contributed by atoms with Crippen molar-refractivity contribution in [2.24, 2.45) is 0 Å². The Morgan fingerprint density at radius 2 is 1.75 bits per heavy atom. The molecule has 0 saturated carbocycles. The number of nitrogens with one attached hydrogen (secondary N) is 1. The summed E-state index contributed by atoms with van der Waals surface area (Å²) in [5.74, 6) is -1.31. The van der Waals surface area contributed by atoms with Crippen LogP contribution in [0.4, 0.5) is 0 Å². The number of benzene rings is 1. The monoisotopic (exact) mass is 305 g/mol. The van der Waals surface area contributed by atoms with E-state index >= 15 is 0 Å². The van der Waals surface area contributed by atoms with E-state index in [1.807, 2.05) is 4.72 Å². The van der Waals surface area contributed by atoms with Gasteiger partial charge in [-0.2, -0.15) is 4.72 Å². The summed E-state index contributed by atoms with van der Waals surface area (Å²) in [7, 11) is -3.95. The van der Waals surface area contributed by atoms with Crippen molar-refractivity contribution < 1.29 is 33.6 Å². The van der Waals surface area contributed by atoms with Crippen LogP contribution in [0.5, 0.6) is 0 Å². The fraction of sp³-hybridized carbons (Fsp3) is 0.364. The number of aliphatic hydroxyl groups is 3. The van der Waals surface area contributed by atoms with E-state index in [4.69, 9.17) is 10.2 Å². The number of carboxylic acid groups (broad SMARTS) is 1. The Hall–Kier alpha value is -1.52. The molecule has 0 aliphatic heterocycles. The summed E-state index contributed by atoms with van der Waals surface area (Å²) in [5, 5.41) is 36.0. The normalized spacial score (nSPS) is 14.8. The van der Waals surface area contributed by atoms with Gasteiger partial charge in [0.05, 0.1) is 11.5 Å². The van der Waals surface area contributed by atoms with E-state index in [1.54, 1.807) is 0 Å². The zero-order chi connectivity index (χ0) is 15.3. The molecule has 0 bridgehead atoms. The van der Waals surface area contributed by atoms with Crippen molar-refractivity contribution in [3.05, 3.63) is 29.8 Å². The summed E-state index contributed by atoms with van der Waals surface area (Å²) in [6, 6.07) is 4.84. The van der Waals surface area contributed by atoms with E-state index in [9.17, 15) is 23.4 Å². The first-order chi connectivity index (χ1) is 9.27. The van der Waals surface area contributed by atoms with Crippen LogP contribution >= 0.6 is 0 Å². The summed E-state index contributed by atoms with van der Waals surface area (Å²) >= 11 is 0. The van der Waals surface area contributed by atoms with Gasteiger partial charge in [0, 0.05) is 0 Å². The molecule has 1 rings (SSSR count). The zero-order valence-electron chi connectivity index (χ0n) is 10.3. The fourth-order valence-electron chi connectivity index (χ4n) is 1.41. The lowest BCUT2D eigenvalue weighted by Crippen LogP contribution is -2.29. The number of sulfonamides is 1. The molecular weight excluding hydrogens is 290 g/mol. The second kappa shape index (κ2) is 6.77. The van der Waals surface area contributed by atoms with Crippen molar-refractivity contribution in [3.8, 4) is 0 Å². The van der Waals surface area contributed by atoms with E-state index in [0.29, 0.717) is 0 Å². The van der Waals surface area contributed by atoms with Gasteiger partial charge in [-0.3, -0.25) is 4.79 Å². The highest BCUT2D eigenvalue weighted by atomic mass is 32.2. The van der Waals surface area contributed by atoms with Crippen molar-refractivity contribution >= 4 is 16.0 Å². The Bertz CT molecular complexity index is 555. The molecule has 2 unspecified atom stereocenters. The van der Waals surface area contributed by atoms with E-state index in [0.717, 1.165) is 12.1 Å². The van der Waals surface area contributed by atoms with Gasteiger partial charge in [-0.1, -0.05) is 12.1 Å². The maximum Gasteiger partial charge on any atom is 0.318 e. The first-order valence-electron chi connectivity index (χ1n) is 5.56. The quantitative estimate of drug-likeness (QED) is 0.409. The first-order valence-corrected chi connectivity index (χ1v) is 7.04. The topological polar surface area (TPSA) is 144 Å². The number of carboxylic acids is 1. The fourth-order valence-corrected chi connectivity index (χ4v) is 2.38. The molecule has 0 saturated heterocycles. The minimum atomic E-state index is -3.95. The molecule has 20 heavy (non-hydrogen) atoms. The van der Waals surface area contributed by atoms with Gasteiger partial charge in [0.25, 0.3) is 0 Å². The van der Waals surface area contributed by atoms with E-state index < -0.39 is 41.4 Å². The van der Waals surface area contributed by atoms with Crippen LogP contribution in [-0.2, 0) is 14.8 Å². The summed E-state index contributed by atoms with van der Waals surface area (Å²) in [4.78, 5) is 10.1. The Kier molecular flexibility index (Phi) is 5.60. The summed E-state index contributed by atoms with van der Waals surface area (Å²) in [6.07, 6.45) is -2.72. The molecule has 9 heteroatoms. The van der Waals surface area contributed by atoms with Gasteiger partial charge in [0.15, 0.2) is 0 Å². The highest BCUT2D eigenvalue weighted by molar-refractivity contribution is 7.89. The van der Waals surface area contributed by atoms with E-state index in [-0.39, 0.29) is 10.5 Å². The van der Waals surface area contributed by atoms with Crippen molar-refractivity contribution in [3.63, 3.8) is 0 Å². The van der Waals surface area contributed by atoms with Gasteiger partial charge in [-0.15, -0.1) is 0 Å². The third-order valence-corrected chi connectivity index (χ3v) is 3.91. The molecule has 0 radical (unpaired) electrons. The van der Waals surface area contributed by atoms with E-state index in [1.165, 1.54) is 12.1 Å². The third-order valence-electron chi connectivity index (χ3n) is 2.50. The van der Waals surface area contributed by atoms with Crippen molar-refractivity contribution in [1.82, 2.24) is 4.72 Å². The van der Waals surface area contributed by atoms with Gasteiger partial charge in [0.2, 0.25) is 10.0 Å². The van der Waals surface area contributed by atoms with Gasteiger partial charge >= 0.3 is 5.97 Å². The Morgan fingerprint density at radius 1 is 1.20 bits per heavy atom. The molecule has 0 aromatic heterocycles. The number of carbonyl (C=O) groups is 1. The van der Waals surface area contributed by atoms with Crippen LogP contribution in [0.25, 0.3) is 0 Å². The number of aliphatic carboxylic acids is 1. The van der Waals surface area contributed by atoms with Crippen LogP contribution in [0.1, 0.15) is 11.7 Å². The van der Waals surface area contributed by atoms with Gasteiger partial charge < -0.3 is 20.4 Å². The predicted molar refractivity (Wildman–Crippen MR) is 67.3 cm³/mol. The Morgan fingerprint density at radius 3 is 2.20 bits per heavy atom. The SMILES string of the molecule is O=C(O)CNS(=O)(=O)c1ccc(C(O)C(O)CO)cc1. The first kappa shape index (κ1) is 16.5. The van der Waals surface area contributed by atoms with Crippen LogP contribution in [0.2, 0.25) is 0 Å². The second-order valence-electron chi connectivity index (χ2n) is 3.98. The molecule has 8 nitrogen and oxygen atoms in total. The van der Waals surface area contributed by atoms with Crippen LogP contribution in [0.15, 0.2) is 29.2 Å². The molecule has 0 spiro atoms. The molecule has 1 aromatic carbocycles. The van der Waals surface area contributed by atoms with Crippen LogP contribution < -0.4 is 4.72 Å². The molecule has 0 aliphatic carbocycles. The van der Waals surface area contributed by atoms with E-state index in [2.05, 4.69) is 0 Å². The van der Waals surface area contributed by atoms with Gasteiger partial charge in [-0.25, -0.2) is 8.42 Å². The average molecular weight is 305 g/mol. The molecule has 5 N–H and O–H groups in total. The maximum absolute atomic E-state index is 11.7. The van der Waals surface area contributed by atoms with Crippen molar-refractivity contribution in [1.29, 1.82) is 0 Å². The predicted octanol–water partition coefficient (Wildman–Crippen LogP) is -1.56. The van der Waals surface area contributed by atoms with Gasteiger partial charge in [-0.05, 0) is 17.7 Å². The summed E-state index contributed by atoms with van der Waals surface area (Å²) in [6.45, 7) is -1.38. The van der Waals surface area contributed by atoms with Crippen LogP contribution in [-0.4, -0.2) is 54.1 Å². The molecule has 2 atom stereocenters. The minimum Gasteiger partial charge on any atom is -0.480 e. The largest absolute Gasteiger partial charge is 0.480 e. The van der Waals surface area contributed by atoms with Crippen LogP contribution in [0.3, 0.4) is 0 Å². The lowest BCUT2D eigenvalue weighted by molar-refractivity contribution is -0.135. The zero-order valence-corrected chi connectivity index (χ0v) is 11.1. The van der Waals surface area contributed by atoms with Crippen LogP contribution in [0, 0.1) is 0 Å².